The van der Waals surface area contributed by atoms with E-state index < -0.39 is 38.6 Å². The van der Waals surface area contributed by atoms with Gasteiger partial charge in [0, 0.05) is 12.8 Å². The third-order valence-electron chi connectivity index (χ3n) is 10.8. The van der Waals surface area contributed by atoms with Crippen LogP contribution in [0.25, 0.3) is 0 Å². The average Bonchev–Trinajstić information content (AvgIpc) is 3.26. The second-order valence-electron chi connectivity index (χ2n) is 18.4. The van der Waals surface area contributed by atoms with Crippen LogP contribution in [0.4, 0.5) is 0 Å². The molecule has 0 saturated heterocycles. The molecule has 0 rings (SSSR count). The van der Waals surface area contributed by atoms with E-state index in [0.29, 0.717) is 30.3 Å². The van der Waals surface area contributed by atoms with Gasteiger partial charge < -0.3 is 33.0 Å². The van der Waals surface area contributed by atoms with Crippen molar-refractivity contribution in [2.24, 2.45) is 0 Å². The molecule has 0 fully saturated rings. The summed E-state index contributed by atoms with van der Waals surface area (Å²) in [6.45, 7) is 3.94. The van der Waals surface area contributed by atoms with E-state index in [0.717, 1.165) is 44.9 Å². The van der Waals surface area contributed by atoms with Crippen molar-refractivity contribution in [1.82, 2.24) is 0 Å². The summed E-state index contributed by atoms with van der Waals surface area (Å²) >= 11 is 0. The minimum Gasteiger partial charge on any atom is -0.756 e. The fourth-order valence-corrected chi connectivity index (χ4v) is 7.55. The van der Waals surface area contributed by atoms with Crippen molar-refractivity contribution in [2.75, 3.05) is 47.5 Å². The second kappa shape index (κ2) is 45.2. The maximum absolute atomic E-state index is 12.7. The molecular weight excluding hydrogens is 838 g/mol. The SMILES string of the molecule is CC/C=C\CC(O)/C=C/C=C/C/C=C\C/C=C\C/C=C\CCC(=O)OC[C@H](COP(=O)([O-])OCC[N+](C)(C)C)OC(=O)CCCCCCCCCCCCCCCCCCCCCCC. The Bertz CT molecular complexity index is 1350. The summed E-state index contributed by atoms with van der Waals surface area (Å²) in [4.78, 5) is 37.7. The lowest BCUT2D eigenvalue weighted by molar-refractivity contribution is -0.870. The number of phosphoric ester groups is 1. The third-order valence-corrected chi connectivity index (χ3v) is 11.8. The van der Waals surface area contributed by atoms with Crippen LogP contribution in [-0.2, 0) is 32.7 Å². The molecule has 11 heteroatoms. The number of aliphatic hydroxyl groups is 1. The van der Waals surface area contributed by atoms with Crippen LogP contribution in [0.3, 0.4) is 0 Å². The molecule has 0 amide bonds. The van der Waals surface area contributed by atoms with Crippen LogP contribution in [-0.4, -0.2) is 81.2 Å². The lowest BCUT2D eigenvalue weighted by Gasteiger charge is -2.28. The first-order valence-electron chi connectivity index (χ1n) is 25.8. The molecule has 0 aromatic rings. The summed E-state index contributed by atoms with van der Waals surface area (Å²) < 4.78 is 33.9. The van der Waals surface area contributed by atoms with Gasteiger partial charge in [0.15, 0.2) is 6.10 Å². The van der Waals surface area contributed by atoms with Gasteiger partial charge in [-0.3, -0.25) is 14.2 Å². The van der Waals surface area contributed by atoms with Gasteiger partial charge in [0.05, 0.1) is 33.9 Å². The molecule has 0 aliphatic heterocycles. The fraction of sp³-hybridized carbons (Fsp3) is 0.741. The summed E-state index contributed by atoms with van der Waals surface area (Å²) in [5, 5.41) is 9.86. The zero-order chi connectivity index (χ0) is 48.0. The average molecular weight is 934 g/mol. The minimum absolute atomic E-state index is 0.0504. The second-order valence-corrected chi connectivity index (χ2v) is 19.8. The van der Waals surface area contributed by atoms with Gasteiger partial charge in [0.1, 0.15) is 19.8 Å². The molecule has 2 unspecified atom stereocenters. The number of rotatable bonds is 46. The van der Waals surface area contributed by atoms with E-state index in [4.69, 9.17) is 18.5 Å². The quantitative estimate of drug-likeness (QED) is 0.0158. The molecule has 0 bridgehead atoms. The summed E-state index contributed by atoms with van der Waals surface area (Å²) in [5.41, 5.74) is 0. The highest BCUT2D eigenvalue weighted by atomic mass is 31.2. The number of unbranched alkanes of at least 4 members (excludes halogenated alkanes) is 20. The number of esters is 2. The van der Waals surface area contributed by atoms with E-state index >= 15 is 0 Å². The van der Waals surface area contributed by atoms with Crippen LogP contribution in [0.5, 0.6) is 0 Å². The van der Waals surface area contributed by atoms with E-state index in [1.165, 1.54) is 109 Å². The zero-order valence-electron chi connectivity index (χ0n) is 42.0. The minimum atomic E-state index is -4.66. The van der Waals surface area contributed by atoms with E-state index in [9.17, 15) is 24.2 Å². The summed E-state index contributed by atoms with van der Waals surface area (Å²) in [6.07, 6.45) is 54.2. The van der Waals surface area contributed by atoms with Crippen molar-refractivity contribution in [2.45, 2.75) is 212 Å². The van der Waals surface area contributed by atoms with Crippen LogP contribution in [0.2, 0.25) is 0 Å². The number of hydrogen-bond donors (Lipinski definition) is 1. The molecule has 0 radical (unpaired) electrons. The zero-order valence-corrected chi connectivity index (χ0v) is 42.9. The standard InChI is InChI=1S/C54H96NO9P/c1-6-8-10-11-12-13-14-15-16-17-18-19-20-21-22-25-29-32-35-38-42-46-54(58)64-52(50-63-65(59,60)62-48-47-55(3,4)5)49-61-53(57)45-41-37-34-31-28-26-23-24-27-30-33-36-40-44-51(56)43-39-9-7-2/h9,24,26-28,33-34,36-37,39-40,44,51-52,56H,6-8,10-23,25,29-32,35,38,41-43,45-50H2,1-5H3/b27-24-,28-26-,36-33+,37-34-,39-9-,44-40+/t51?,52-/m1/s1. The van der Waals surface area contributed by atoms with Crippen molar-refractivity contribution in [3.05, 3.63) is 72.9 Å². The molecule has 3 atom stereocenters. The largest absolute Gasteiger partial charge is 0.756 e. The Morgan fingerprint density at radius 2 is 1.08 bits per heavy atom. The highest BCUT2D eigenvalue weighted by Gasteiger charge is 2.21. The molecule has 0 aromatic heterocycles. The Labute approximate surface area is 398 Å². The van der Waals surface area contributed by atoms with Gasteiger partial charge in [-0.15, -0.1) is 0 Å². The molecule has 0 spiro atoms. The Balaban J connectivity index is 4.38. The smallest absolute Gasteiger partial charge is 0.306 e. The Kier molecular flexibility index (Phi) is 43.4. The first-order valence-corrected chi connectivity index (χ1v) is 27.2. The van der Waals surface area contributed by atoms with Gasteiger partial charge >= 0.3 is 11.9 Å². The van der Waals surface area contributed by atoms with Crippen LogP contribution >= 0.6 is 7.82 Å². The molecule has 0 aliphatic rings. The first-order chi connectivity index (χ1) is 31.4. The van der Waals surface area contributed by atoms with Crippen molar-refractivity contribution in [3.63, 3.8) is 0 Å². The number of nitrogens with zero attached hydrogens (tertiary/aromatic N) is 1. The topological polar surface area (TPSA) is 131 Å². The number of allylic oxidation sites excluding steroid dienone is 10. The van der Waals surface area contributed by atoms with Crippen LogP contribution in [0.15, 0.2) is 72.9 Å². The number of carbonyl (C=O) groups excluding carboxylic acids is 2. The summed E-state index contributed by atoms with van der Waals surface area (Å²) in [7, 11) is 1.10. The highest BCUT2D eigenvalue weighted by Crippen LogP contribution is 2.38. The summed E-state index contributed by atoms with van der Waals surface area (Å²) in [5.74, 6) is -0.950. The monoisotopic (exact) mass is 934 g/mol. The van der Waals surface area contributed by atoms with Crippen molar-refractivity contribution in [3.8, 4) is 0 Å². The molecule has 0 heterocycles. The Morgan fingerprint density at radius 1 is 0.585 bits per heavy atom. The van der Waals surface area contributed by atoms with Crippen molar-refractivity contribution in [1.29, 1.82) is 0 Å². The van der Waals surface area contributed by atoms with Gasteiger partial charge in [-0.05, 0) is 44.9 Å². The molecule has 0 aliphatic carbocycles. The normalized spacial score (nSPS) is 14.5. The third kappa shape index (κ3) is 49.1. The van der Waals surface area contributed by atoms with Gasteiger partial charge in [0.2, 0.25) is 0 Å². The molecule has 0 aromatic carbocycles. The number of aliphatic hydroxyl groups excluding tert-OH is 1. The predicted molar refractivity (Wildman–Crippen MR) is 269 cm³/mol. The first kappa shape index (κ1) is 62.4. The highest BCUT2D eigenvalue weighted by molar-refractivity contribution is 7.45. The number of phosphoric acid groups is 1. The maximum Gasteiger partial charge on any atom is 0.306 e. The van der Waals surface area contributed by atoms with E-state index in [1.807, 2.05) is 57.6 Å². The van der Waals surface area contributed by atoms with Gasteiger partial charge in [-0.2, -0.15) is 0 Å². The number of likely N-dealkylation sites (N-methyl/N-ethyl adjacent to an activating group) is 1. The Hall–Kier alpha value is -2.59. The lowest BCUT2D eigenvalue weighted by Crippen LogP contribution is -2.37. The van der Waals surface area contributed by atoms with E-state index in [1.54, 1.807) is 6.08 Å². The Morgan fingerprint density at radius 3 is 1.58 bits per heavy atom. The predicted octanol–water partition coefficient (Wildman–Crippen LogP) is 13.7. The van der Waals surface area contributed by atoms with E-state index in [-0.39, 0.29) is 26.1 Å². The number of hydrogen-bond acceptors (Lipinski definition) is 9. The molecule has 1 N–H and O–H groups in total. The fourth-order valence-electron chi connectivity index (χ4n) is 6.82. The van der Waals surface area contributed by atoms with Crippen molar-refractivity contribution >= 4 is 19.8 Å². The van der Waals surface area contributed by atoms with Crippen molar-refractivity contribution < 1.29 is 47.2 Å². The van der Waals surface area contributed by atoms with Crippen LogP contribution in [0, 0.1) is 0 Å². The molecular formula is C54H96NO9P. The number of quaternary nitrogens is 1. The molecule has 10 nitrogen and oxygen atoms in total. The van der Waals surface area contributed by atoms with E-state index in [2.05, 4.69) is 44.2 Å². The van der Waals surface area contributed by atoms with Crippen LogP contribution < -0.4 is 4.89 Å². The lowest BCUT2D eigenvalue weighted by atomic mass is 10.0. The van der Waals surface area contributed by atoms with Crippen LogP contribution in [0.1, 0.15) is 200 Å². The molecule has 65 heavy (non-hydrogen) atoms. The maximum atomic E-state index is 12.7. The summed E-state index contributed by atoms with van der Waals surface area (Å²) in [6, 6.07) is 0. The van der Waals surface area contributed by atoms with Gasteiger partial charge in [-0.25, -0.2) is 0 Å². The molecule has 376 valence electrons. The molecule has 0 saturated carbocycles. The number of ether oxygens (including phenoxy) is 2. The number of carbonyl (C=O) groups is 2. The van der Waals surface area contributed by atoms with Gasteiger partial charge in [-0.1, -0.05) is 215 Å². The van der Waals surface area contributed by atoms with Gasteiger partial charge in [0.25, 0.3) is 7.82 Å².